The number of aryl methyl sites for hydroxylation is 1. The van der Waals surface area contributed by atoms with Crippen LogP contribution >= 0.6 is 15.9 Å². The van der Waals surface area contributed by atoms with Crippen LogP contribution in [0.15, 0.2) is 16.7 Å². The summed E-state index contributed by atoms with van der Waals surface area (Å²) in [5, 5.41) is 2.44. The molecule has 1 N–H and O–H groups in total. The Bertz CT molecular complexity index is 431. The summed E-state index contributed by atoms with van der Waals surface area (Å²) < 4.78 is 0.846. The molecule has 2 heterocycles. The predicted molar refractivity (Wildman–Crippen MR) is 57.6 cm³/mol. The second kappa shape index (κ2) is 3.62. The standard InChI is InChI=1S/C9H8BrN3O2/c1-5-2-7(11-3-6(5)10)13-8(14)4-12-9(13)15/h2-3H,4H2,1H3,(H,12,15). The molecule has 0 spiro atoms. The molecular weight excluding hydrogens is 262 g/mol. The van der Waals surface area contributed by atoms with Crippen molar-refractivity contribution >= 4 is 33.7 Å². The molecule has 1 aliphatic rings. The number of hydrogen-bond acceptors (Lipinski definition) is 3. The molecule has 0 saturated carbocycles. The van der Waals surface area contributed by atoms with E-state index in [1.54, 1.807) is 12.3 Å². The number of nitrogens with zero attached hydrogens (tertiary/aromatic N) is 2. The second-order valence-corrected chi connectivity index (χ2v) is 4.03. The van der Waals surface area contributed by atoms with Gasteiger partial charge < -0.3 is 5.32 Å². The lowest BCUT2D eigenvalue weighted by Gasteiger charge is -2.11. The lowest BCUT2D eigenvalue weighted by atomic mass is 10.3. The molecule has 1 saturated heterocycles. The van der Waals surface area contributed by atoms with E-state index < -0.39 is 6.03 Å². The first kappa shape index (κ1) is 10.1. The second-order valence-electron chi connectivity index (χ2n) is 3.18. The number of anilines is 1. The van der Waals surface area contributed by atoms with E-state index in [2.05, 4.69) is 26.2 Å². The molecule has 78 valence electrons. The number of hydrogen-bond donors (Lipinski definition) is 1. The molecule has 0 aliphatic carbocycles. The first-order valence-electron chi connectivity index (χ1n) is 4.32. The van der Waals surface area contributed by atoms with Crippen molar-refractivity contribution in [1.29, 1.82) is 0 Å². The number of aromatic nitrogens is 1. The van der Waals surface area contributed by atoms with Gasteiger partial charge in [0.2, 0.25) is 0 Å². The molecule has 0 atom stereocenters. The minimum atomic E-state index is -0.422. The lowest BCUT2D eigenvalue weighted by Crippen LogP contribution is -2.31. The molecule has 15 heavy (non-hydrogen) atoms. The normalized spacial score (nSPS) is 15.7. The van der Waals surface area contributed by atoms with Gasteiger partial charge in [-0.15, -0.1) is 0 Å². The Kier molecular flexibility index (Phi) is 2.44. The summed E-state index contributed by atoms with van der Waals surface area (Å²) in [6.45, 7) is 1.91. The number of imide groups is 1. The fraction of sp³-hybridized carbons (Fsp3) is 0.222. The molecule has 0 radical (unpaired) electrons. The molecule has 6 heteroatoms. The highest BCUT2D eigenvalue weighted by Gasteiger charge is 2.30. The molecule has 3 amide bonds. The quantitative estimate of drug-likeness (QED) is 0.780. The summed E-state index contributed by atoms with van der Waals surface area (Å²) in [6.07, 6.45) is 1.57. The van der Waals surface area contributed by atoms with Gasteiger partial charge in [0.05, 0.1) is 6.54 Å². The largest absolute Gasteiger partial charge is 0.330 e. The zero-order valence-corrected chi connectivity index (χ0v) is 9.54. The van der Waals surface area contributed by atoms with Crippen LogP contribution in [-0.4, -0.2) is 23.5 Å². The van der Waals surface area contributed by atoms with Crippen molar-refractivity contribution in [3.8, 4) is 0 Å². The summed E-state index contributed by atoms with van der Waals surface area (Å²) in [6, 6.07) is 1.27. The number of nitrogens with one attached hydrogen (secondary N) is 1. The molecule has 2 rings (SSSR count). The van der Waals surface area contributed by atoms with Crippen molar-refractivity contribution in [2.45, 2.75) is 6.92 Å². The predicted octanol–water partition coefficient (Wildman–Crippen LogP) is 1.21. The number of pyridine rings is 1. The highest BCUT2D eigenvalue weighted by molar-refractivity contribution is 9.10. The maximum Gasteiger partial charge on any atom is 0.330 e. The smallest absolute Gasteiger partial charge is 0.328 e. The van der Waals surface area contributed by atoms with Gasteiger partial charge in [0.25, 0.3) is 5.91 Å². The highest BCUT2D eigenvalue weighted by atomic mass is 79.9. The molecule has 5 nitrogen and oxygen atoms in total. The molecule has 1 aromatic heterocycles. The van der Waals surface area contributed by atoms with Crippen LogP contribution in [-0.2, 0) is 4.79 Å². The van der Waals surface area contributed by atoms with Crippen molar-refractivity contribution in [2.75, 3.05) is 11.4 Å². The number of urea groups is 1. The Morgan fingerprint density at radius 1 is 1.53 bits per heavy atom. The number of amides is 3. The lowest BCUT2D eigenvalue weighted by molar-refractivity contribution is -0.115. The highest BCUT2D eigenvalue weighted by Crippen LogP contribution is 2.21. The van der Waals surface area contributed by atoms with E-state index in [0.717, 1.165) is 14.9 Å². The van der Waals surface area contributed by atoms with Crippen molar-refractivity contribution < 1.29 is 9.59 Å². The maximum atomic E-state index is 11.4. The summed E-state index contributed by atoms with van der Waals surface area (Å²) >= 11 is 3.30. The first-order valence-corrected chi connectivity index (χ1v) is 5.12. The summed E-state index contributed by atoms with van der Waals surface area (Å²) in [4.78, 5) is 27.8. The number of carbonyl (C=O) groups is 2. The number of carbonyl (C=O) groups excluding carboxylic acids is 2. The van der Waals surface area contributed by atoms with E-state index in [-0.39, 0.29) is 12.5 Å². The molecular formula is C9H8BrN3O2. The van der Waals surface area contributed by atoms with Gasteiger partial charge in [0.1, 0.15) is 5.82 Å². The van der Waals surface area contributed by atoms with Crippen LogP contribution < -0.4 is 10.2 Å². The van der Waals surface area contributed by atoms with Crippen LogP contribution in [0.3, 0.4) is 0 Å². The van der Waals surface area contributed by atoms with Crippen molar-refractivity contribution in [1.82, 2.24) is 10.3 Å². The number of halogens is 1. The molecule has 1 fully saturated rings. The van der Waals surface area contributed by atoms with Gasteiger partial charge in [-0.25, -0.2) is 14.7 Å². The molecule has 0 bridgehead atoms. The fourth-order valence-corrected chi connectivity index (χ4v) is 1.52. The van der Waals surface area contributed by atoms with Gasteiger partial charge in [-0.3, -0.25) is 4.79 Å². The van der Waals surface area contributed by atoms with E-state index in [9.17, 15) is 9.59 Å². The zero-order chi connectivity index (χ0) is 11.0. The van der Waals surface area contributed by atoms with E-state index in [1.165, 1.54) is 0 Å². The van der Waals surface area contributed by atoms with Gasteiger partial charge >= 0.3 is 6.03 Å². The van der Waals surface area contributed by atoms with Crippen LogP contribution in [0.4, 0.5) is 10.6 Å². The Hall–Kier alpha value is -1.43. The Morgan fingerprint density at radius 2 is 2.27 bits per heavy atom. The topological polar surface area (TPSA) is 62.3 Å². The van der Waals surface area contributed by atoms with Crippen LogP contribution in [0.5, 0.6) is 0 Å². The number of rotatable bonds is 1. The van der Waals surface area contributed by atoms with Crippen LogP contribution in [0.1, 0.15) is 5.56 Å². The van der Waals surface area contributed by atoms with E-state index >= 15 is 0 Å². The van der Waals surface area contributed by atoms with Gasteiger partial charge in [-0.2, -0.15) is 0 Å². The minimum Gasteiger partial charge on any atom is -0.328 e. The van der Waals surface area contributed by atoms with Crippen LogP contribution in [0.25, 0.3) is 0 Å². The van der Waals surface area contributed by atoms with Crippen molar-refractivity contribution in [3.05, 3.63) is 22.3 Å². The maximum absolute atomic E-state index is 11.4. The fourth-order valence-electron chi connectivity index (χ4n) is 1.30. The van der Waals surface area contributed by atoms with Crippen molar-refractivity contribution in [3.63, 3.8) is 0 Å². The third kappa shape index (κ3) is 1.72. The van der Waals surface area contributed by atoms with Gasteiger partial charge in [0.15, 0.2) is 0 Å². The SMILES string of the molecule is Cc1cc(N2C(=O)CNC2=O)ncc1Br. The van der Waals surface area contributed by atoms with Gasteiger partial charge in [0, 0.05) is 10.7 Å². The zero-order valence-electron chi connectivity index (χ0n) is 7.95. The minimum absolute atomic E-state index is 0.0373. The average Bonchev–Trinajstić information content (AvgIpc) is 2.52. The monoisotopic (exact) mass is 269 g/mol. The van der Waals surface area contributed by atoms with Crippen LogP contribution in [0, 0.1) is 6.92 Å². The third-order valence-electron chi connectivity index (χ3n) is 2.10. The van der Waals surface area contributed by atoms with Gasteiger partial charge in [-0.05, 0) is 34.5 Å². The summed E-state index contributed by atoms with van der Waals surface area (Å²) in [5.41, 5.74) is 0.924. The van der Waals surface area contributed by atoms with Gasteiger partial charge in [-0.1, -0.05) is 0 Å². The molecule has 0 aromatic carbocycles. The molecule has 0 unspecified atom stereocenters. The Balaban J connectivity index is 2.41. The summed E-state index contributed by atoms with van der Waals surface area (Å²) in [7, 11) is 0. The molecule has 1 aromatic rings. The van der Waals surface area contributed by atoms with E-state index in [1.807, 2.05) is 6.92 Å². The van der Waals surface area contributed by atoms with Crippen molar-refractivity contribution in [2.24, 2.45) is 0 Å². The van der Waals surface area contributed by atoms with E-state index in [4.69, 9.17) is 0 Å². The van der Waals surface area contributed by atoms with E-state index in [0.29, 0.717) is 5.82 Å². The van der Waals surface area contributed by atoms with Crippen LogP contribution in [0.2, 0.25) is 0 Å². The average molecular weight is 270 g/mol. The Morgan fingerprint density at radius 3 is 2.80 bits per heavy atom. The summed E-state index contributed by atoms with van der Waals surface area (Å²) in [5.74, 6) is 0.0740. The third-order valence-corrected chi connectivity index (χ3v) is 2.94. The first-order chi connectivity index (χ1) is 7.09. The molecule has 1 aliphatic heterocycles. The Labute approximate surface area is 94.6 Å².